The Morgan fingerprint density at radius 3 is 2.44 bits per heavy atom. The molecular weight excluding hydrogens is 512 g/mol. The molecule has 4 N–H and O–H groups in total. The standard InChI is InChI=1S/C33H38N6O2/c1-21-27(8-5-9-28(21)35-31(41)23-12-14-24(15-13-23)33(2,3)4)30-36-29(37-32(34)38-30)19-22-10-16-25(17-11-22)39-18-6-7-26(40)20-39/h5,8-17,26,40H,6-7,18-20H2,1-4H3,(H,35,41)(H2,34,36,37,38). The molecule has 0 saturated carbocycles. The van der Waals surface area contributed by atoms with Crippen molar-refractivity contribution in [2.24, 2.45) is 0 Å². The molecule has 0 bridgehead atoms. The van der Waals surface area contributed by atoms with E-state index < -0.39 is 0 Å². The van der Waals surface area contributed by atoms with Crippen LogP contribution in [0.4, 0.5) is 17.3 Å². The molecule has 1 fully saturated rings. The highest BCUT2D eigenvalue weighted by Gasteiger charge is 2.19. The maximum Gasteiger partial charge on any atom is 0.255 e. The zero-order valence-corrected chi connectivity index (χ0v) is 24.2. The van der Waals surface area contributed by atoms with E-state index in [9.17, 15) is 9.90 Å². The molecule has 212 valence electrons. The van der Waals surface area contributed by atoms with Gasteiger partial charge in [0.05, 0.1) is 6.10 Å². The van der Waals surface area contributed by atoms with Crippen LogP contribution >= 0.6 is 0 Å². The number of aliphatic hydroxyl groups is 1. The Balaban J connectivity index is 1.33. The minimum Gasteiger partial charge on any atom is -0.391 e. The maximum absolute atomic E-state index is 13.0. The van der Waals surface area contributed by atoms with Gasteiger partial charge >= 0.3 is 0 Å². The van der Waals surface area contributed by atoms with Gasteiger partial charge in [-0.05, 0) is 72.2 Å². The highest BCUT2D eigenvalue weighted by Crippen LogP contribution is 2.28. The Hall–Kier alpha value is -4.30. The highest BCUT2D eigenvalue weighted by molar-refractivity contribution is 6.05. The number of piperidine rings is 1. The summed E-state index contributed by atoms with van der Waals surface area (Å²) in [5, 5.41) is 13.0. The summed E-state index contributed by atoms with van der Waals surface area (Å²) in [4.78, 5) is 28.8. The highest BCUT2D eigenvalue weighted by atomic mass is 16.3. The predicted molar refractivity (Wildman–Crippen MR) is 164 cm³/mol. The SMILES string of the molecule is Cc1c(NC(=O)c2ccc(C(C)(C)C)cc2)cccc1-c1nc(N)nc(Cc2ccc(N3CCCC(O)C3)cc2)n1. The first-order chi connectivity index (χ1) is 19.6. The number of aliphatic hydroxyl groups excluding tert-OH is 1. The number of anilines is 3. The normalized spacial score (nSPS) is 15.5. The topological polar surface area (TPSA) is 117 Å². The van der Waals surface area contributed by atoms with Crippen LogP contribution in [-0.4, -0.2) is 45.2 Å². The Labute approximate surface area is 241 Å². The first kappa shape index (κ1) is 28.2. The third-order valence-electron chi connectivity index (χ3n) is 7.60. The second-order valence-electron chi connectivity index (χ2n) is 11.8. The Kier molecular flexibility index (Phi) is 8.03. The van der Waals surface area contributed by atoms with Gasteiger partial charge in [-0.3, -0.25) is 4.79 Å². The molecule has 2 heterocycles. The van der Waals surface area contributed by atoms with E-state index >= 15 is 0 Å². The molecule has 5 rings (SSSR count). The van der Waals surface area contributed by atoms with Crippen LogP contribution in [0.2, 0.25) is 0 Å². The molecule has 3 aromatic carbocycles. The van der Waals surface area contributed by atoms with Crippen molar-refractivity contribution in [3.05, 3.63) is 94.8 Å². The number of hydrogen-bond acceptors (Lipinski definition) is 7. The van der Waals surface area contributed by atoms with Gasteiger partial charge in [0.15, 0.2) is 5.82 Å². The molecule has 8 nitrogen and oxygen atoms in total. The van der Waals surface area contributed by atoms with Gasteiger partial charge in [0, 0.05) is 42.0 Å². The van der Waals surface area contributed by atoms with Gasteiger partial charge in [-0.25, -0.2) is 4.98 Å². The Morgan fingerprint density at radius 2 is 1.76 bits per heavy atom. The van der Waals surface area contributed by atoms with E-state index in [1.165, 1.54) is 5.56 Å². The van der Waals surface area contributed by atoms with Crippen molar-refractivity contribution in [1.29, 1.82) is 0 Å². The number of nitrogens with zero attached hydrogens (tertiary/aromatic N) is 4. The van der Waals surface area contributed by atoms with E-state index in [1.54, 1.807) is 0 Å². The van der Waals surface area contributed by atoms with Crippen molar-refractivity contribution in [2.45, 2.75) is 58.5 Å². The molecule has 1 unspecified atom stereocenters. The van der Waals surface area contributed by atoms with Gasteiger partial charge in [-0.2, -0.15) is 9.97 Å². The van der Waals surface area contributed by atoms with Gasteiger partial charge in [-0.15, -0.1) is 0 Å². The molecule has 1 atom stereocenters. The number of carbonyl (C=O) groups excluding carboxylic acids is 1. The zero-order chi connectivity index (χ0) is 29.1. The Bertz CT molecular complexity index is 1530. The summed E-state index contributed by atoms with van der Waals surface area (Å²) in [6.45, 7) is 9.99. The summed E-state index contributed by atoms with van der Waals surface area (Å²) >= 11 is 0. The number of rotatable bonds is 6. The molecular formula is C33H38N6O2. The van der Waals surface area contributed by atoms with E-state index in [4.69, 9.17) is 10.7 Å². The van der Waals surface area contributed by atoms with E-state index in [1.807, 2.05) is 49.4 Å². The van der Waals surface area contributed by atoms with Crippen molar-refractivity contribution in [2.75, 3.05) is 29.0 Å². The van der Waals surface area contributed by atoms with Crippen LogP contribution in [0, 0.1) is 6.92 Å². The second-order valence-corrected chi connectivity index (χ2v) is 11.8. The number of nitrogens with one attached hydrogen (secondary N) is 1. The van der Waals surface area contributed by atoms with Crippen LogP contribution < -0.4 is 16.0 Å². The lowest BCUT2D eigenvalue weighted by Gasteiger charge is -2.32. The number of hydrogen-bond donors (Lipinski definition) is 3. The number of carbonyl (C=O) groups is 1. The van der Waals surface area contributed by atoms with Gasteiger partial charge in [0.2, 0.25) is 5.95 Å². The molecule has 0 aliphatic carbocycles. The van der Waals surface area contributed by atoms with Crippen molar-refractivity contribution < 1.29 is 9.90 Å². The average molecular weight is 551 g/mol. The number of β-amino-alcohol motifs (C(OH)–C–C–N with tert-alkyl or cyclic N) is 1. The van der Waals surface area contributed by atoms with Crippen LogP contribution in [0.15, 0.2) is 66.7 Å². The van der Waals surface area contributed by atoms with Crippen molar-refractivity contribution >= 4 is 23.2 Å². The first-order valence-electron chi connectivity index (χ1n) is 14.1. The third-order valence-corrected chi connectivity index (χ3v) is 7.60. The number of nitrogen functional groups attached to an aromatic ring is 1. The number of aromatic nitrogens is 3. The number of nitrogens with two attached hydrogens (primary N) is 1. The van der Waals surface area contributed by atoms with Gasteiger partial charge in [-0.1, -0.05) is 57.2 Å². The molecule has 1 aliphatic heterocycles. The van der Waals surface area contributed by atoms with E-state index in [-0.39, 0.29) is 23.4 Å². The smallest absolute Gasteiger partial charge is 0.255 e. The minimum absolute atomic E-state index is 0.0200. The van der Waals surface area contributed by atoms with Crippen molar-refractivity contribution in [3.63, 3.8) is 0 Å². The minimum atomic E-state index is -0.273. The van der Waals surface area contributed by atoms with Gasteiger partial charge in [0.1, 0.15) is 5.82 Å². The van der Waals surface area contributed by atoms with E-state index in [0.29, 0.717) is 35.9 Å². The molecule has 1 aromatic heterocycles. The molecule has 1 aliphatic rings. The number of amides is 1. The first-order valence-corrected chi connectivity index (χ1v) is 14.1. The lowest BCUT2D eigenvalue weighted by molar-refractivity contribution is 0.102. The monoisotopic (exact) mass is 550 g/mol. The summed E-state index contributed by atoms with van der Waals surface area (Å²) in [5.74, 6) is 1.01. The largest absolute Gasteiger partial charge is 0.391 e. The lowest BCUT2D eigenvalue weighted by atomic mass is 9.86. The summed E-state index contributed by atoms with van der Waals surface area (Å²) < 4.78 is 0. The van der Waals surface area contributed by atoms with E-state index in [0.717, 1.165) is 41.8 Å². The van der Waals surface area contributed by atoms with Gasteiger partial charge < -0.3 is 21.1 Å². The fourth-order valence-electron chi connectivity index (χ4n) is 5.16. The predicted octanol–water partition coefficient (Wildman–Crippen LogP) is 5.53. The van der Waals surface area contributed by atoms with Crippen LogP contribution in [0.5, 0.6) is 0 Å². The third kappa shape index (κ3) is 6.72. The van der Waals surface area contributed by atoms with Gasteiger partial charge in [0.25, 0.3) is 5.91 Å². The molecule has 1 amide bonds. The van der Waals surface area contributed by atoms with Crippen LogP contribution in [0.1, 0.15) is 66.5 Å². The van der Waals surface area contributed by atoms with Crippen LogP contribution in [0.25, 0.3) is 11.4 Å². The zero-order valence-electron chi connectivity index (χ0n) is 24.2. The molecule has 8 heteroatoms. The lowest BCUT2D eigenvalue weighted by Crippen LogP contribution is -2.38. The van der Waals surface area contributed by atoms with Crippen LogP contribution in [-0.2, 0) is 11.8 Å². The summed E-state index contributed by atoms with van der Waals surface area (Å²) in [6, 6.07) is 21.6. The van der Waals surface area contributed by atoms with Crippen molar-refractivity contribution in [1.82, 2.24) is 15.0 Å². The molecule has 0 radical (unpaired) electrons. The average Bonchev–Trinajstić information content (AvgIpc) is 2.94. The fourth-order valence-corrected chi connectivity index (χ4v) is 5.16. The van der Waals surface area contributed by atoms with Crippen molar-refractivity contribution in [3.8, 4) is 11.4 Å². The quantitative estimate of drug-likeness (QED) is 0.289. The maximum atomic E-state index is 13.0. The molecule has 0 spiro atoms. The fraction of sp³-hybridized carbons (Fsp3) is 0.333. The Morgan fingerprint density at radius 1 is 1.02 bits per heavy atom. The molecule has 4 aromatic rings. The molecule has 41 heavy (non-hydrogen) atoms. The molecule has 1 saturated heterocycles. The summed E-state index contributed by atoms with van der Waals surface area (Å²) in [5.41, 5.74) is 12.4. The van der Waals surface area contributed by atoms with Crippen LogP contribution in [0.3, 0.4) is 0 Å². The number of benzene rings is 3. The second kappa shape index (κ2) is 11.7. The summed E-state index contributed by atoms with van der Waals surface area (Å²) in [7, 11) is 0. The van der Waals surface area contributed by atoms with E-state index in [2.05, 4.69) is 65.2 Å². The summed E-state index contributed by atoms with van der Waals surface area (Å²) in [6.07, 6.45) is 2.08.